The van der Waals surface area contributed by atoms with E-state index in [1.165, 1.54) is 30.3 Å². The third-order valence-corrected chi connectivity index (χ3v) is 5.23. The van der Waals surface area contributed by atoms with Crippen LogP contribution in [0.1, 0.15) is 17.4 Å². The van der Waals surface area contributed by atoms with E-state index in [1.54, 1.807) is 25.1 Å². The number of halogens is 1. The number of ether oxygens (including phenoxy) is 1. The minimum absolute atomic E-state index is 0.00249. The molecule has 5 nitrogen and oxygen atoms in total. The smallest absolute Gasteiger partial charge is 0.356 e. The van der Waals surface area contributed by atoms with Crippen molar-refractivity contribution in [3.63, 3.8) is 0 Å². The third-order valence-electron chi connectivity index (χ3n) is 3.49. The summed E-state index contributed by atoms with van der Waals surface area (Å²) in [5, 5.41) is 0.430. The Balaban J connectivity index is 2.34. The lowest BCUT2D eigenvalue weighted by atomic mass is 10.2. The van der Waals surface area contributed by atoms with Crippen LogP contribution in [0.5, 0.6) is 0 Å². The average molecular weight is 347 g/mol. The maximum Gasteiger partial charge on any atom is 0.356 e. The highest BCUT2D eigenvalue weighted by Crippen LogP contribution is 2.27. The largest absolute Gasteiger partial charge is 0.461 e. The first-order valence-corrected chi connectivity index (χ1v) is 8.68. The van der Waals surface area contributed by atoms with Crippen molar-refractivity contribution in [3.8, 4) is 0 Å². The van der Waals surface area contributed by atoms with E-state index < -0.39 is 21.8 Å². The standard InChI is InChI=1S/C17H14FNO4S/c1-2-23-17(20)16-10-12-8-9-13(18)11-15(12)19(16)24(21,22)14-6-4-3-5-7-14/h3-11H,2H2,1H3. The molecule has 0 unspecified atom stereocenters. The first kappa shape index (κ1) is 16.2. The number of benzene rings is 2. The molecule has 0 spiro atoms. The Hall–Kier alpha value is -2.67. The van der Waals surface area contributed by atoms with Crippen molar-refractivity contribution in [2.24, 2.45) is 0 Å². The van der Waals surface area contributed by atoms with Gasteiger partial charge in [-0.2, -0.15) is 0 Å². The van der Waals surface area contributed by atoms with Crippen molar-refractivity contribution < 1.29 is 22.3 Å². The SMILES string of the molecule is CCOC(=O)c1cc2ccc(F)cc2n1S(=O)(=O)c1ccccc1. The summed E-state index contributed by atoms with van der Waals surface area (Å²) in [7, 11) is -4.08. The van der Waals surface area contributed by atoms with E-state index in [-0.39, 0.29) is 22.7 Å². The highest BCUT2D eigenvalue weighted by atomic mass is 32.2. The van der Waals surface area contributed by atoms with Crippen molar-refractivity contribution in [1.29, 1.82) is 0 Å². The Morgan fingerprint density at radius 2 is 1.83 bits per heavy atom. The summed E-state index contributed by atoms with van der Waals surface area (Å²) in [6.45, 7) is 1.72. The second kappa shape index (κ2) is 6.09. The normalized spacial score (nSPS) is 11.6. The molecule has 0 aliphatic carbocycles. The Kier molecular flexibility index (Phi) is 4.11. The van der Waals surface area contributed by atoms with Crippen LogP contribution >= 0.6 is 0 Å². The highest BCUT2D eigenvalue weighted by Gasteiger charge is 2.27. The summed E-state index contributed by atoms with van der Waals surface area (Å²) in [5.74, 6) is -1.38. The first-order valence-electron chi connectivity index (χ1n) is 7.24. The van der Waals surface area contributed by atoms with Crippen molar-refractivity contribution >= 4 is 26.9 Å². The Labute approximate surface area is 138 Å². The number of aromatic nitrogens is 1. The number of carbonyl (C=O) groups excluding carboxylic acids is 1. The number of fused-ring (bicyclic) bond motifs is 1. The van der Waals surface area contributed by atoms with E-state index >= 15 is 0 Å². The Morgan fingerprint density at radius 3 is 2.50 bits per heavy atom. The number of rotatable bonds is 4. The summed E-state index contributed by atoms with van der Waals surface area (Å²) < 4.78 is 45.4. The van der Waals surface area contributed by atoms with Crippen molar-refractivity contribution in [1.82, 2.24) is 3.97 Å². The molecule has 124 valence electrons. The summed E-state index contributed by atoms with van der Waals surface area (Å²) in [5.41, 5.74) is -0.0804. The maximum absolute atomic E-state index is 13.6. The van der Waals surface area contributed by atoms with Crippen LogP contribution in [0, 0.1) is 5.82 Å². The second-order valence-corrected chi connectivity index (χ2v) is 6.82. The molecular weight excluding hydrogens is 333 g/mol. The van der Waals surface area contributed by atoms with Crippen LogP contribution in [-0.2, 0) is 14.8 Å². The molecule has 0 bridgehead atoms. The van der Waals surface area contributed by atoms with E-state index in [2.05, 4.69) is 0 Å². The van der Waals surface area contributed by atoms with Crippen molar-refractivity contribution in [2.45, 2.75) is 11.8 Å². The van der Waals surface area contributed by atoms with Crippen LogP contribution in [0.3, 0.4) is 0 Å². The van der Waals surface area contributed by atoms with Crippen LogP contribution in [0.25, 0.3) is 10.9 Å². The van der Waals surface area contributed by atoms with E-state index in [1.807, 2.05) is 0 Å². The molecule has 2 aromatic carbocycles. The monoisotopic (exact) mass is 347 g/mol. The zero-order valence-corrected chi connectivity index (χ0v) is 13.6. The van der Waals surface area contributed by atoms with Crippen LogP contribution in [0.15, 0.2) is 59.5 Å². The molecule has 0 aliphatic rings. The fraction of sp³-hybridized carbons (Fsp3) is 0.118. The third kappa shape index (κ3) is 2.67. The van der Waals surface area contributed by atoms with Gasteiger partial charge in [-0.1, -0.05) is 18.2 Å². The molecule has 0 aliphatic heterocycles. The van der Waals surface area contributed by atoms with Gasteiger partial charge in [0.25, 0.3) is 10.0 Å². The molecule has 3 rings (SSSR count). The number of hydrogen-bond donors (Lipinski definition) is 0. The molecule has 24 heavy (non-hydrogen) atoms. The average Bonchev–Trinajstić information content (AvgIpc) is 2.95. The van der Waals surface area contributed by atoms with Crippen molar-refractivity contribution in [2.75, 3.05) is 6.61 Å². The Bertz CT molecular complexity index is 1010. The predicted octanol–water partition coefficient (Wildman–Crippen LogP) is 3.19. The molecule has 0 N–H and O–H groups in total. The molecular formula is C17H14FNO4S. The zero-order valence-electron chi connectivity index (χ0n) is 12.8. The number of esters is 1. The fourth-order valence-electron chi connectivity index (χ4n) is 2.45. The minimum Gasteiger partial charge on any atom is -0.461 e. The minimum atomic E-state index is -4.08. The van der Waals surface area contributed by atoms with Crippen molar-refractivity contribution in [3.05, 3.63) is 66.1 Å². The van der Waals surface area contributed by atoms with Gasteiger partial charge < -0.3 is 4.74 Å². The van der Waals surface area contributed by atoms with Gasteiger partial charge in [0.1, 0.15) is 11.5 Å². The van der Waals surface area contributed by atoms with Crippen LogP contribution in [0.4, 0.5) is 4.39 Å². The van der Waals surface area contributed by atoms with Gasteiger partial charge >= 0.3 is 5.97 Å². The van der Waals surface area contributed by atoms with E-state index in [4.69, 9.17) is 4.74 Å². The quantitative estimate of drug-likeness (QED) is 0.680. The van der Waals surface area contributed by atoms with E-state index in [0.717, 1.165) is 10.0 Å². The van der Waals surface area contributed by atoms with Gasteiger partial charge in [0.2, 0.25) is 0 Å². The molecule has 0 amide bonds. The number of hydrogen-bond acceptors (Lipinski definition) is 4. The molecule has 0 saturated heterocycles. The van der Waals surface area contributed by atoms with Gasteiger partial charge in [-0.3, -0.25) is 0 Å². The molecule has 0 saturated carbocycles. The fourth-order valence-corrected chi connectivity index (χ4v) is 3.97. The summed E-state index contributed by atoms with van der Waals surface area (Å²) >= 11 is 0. The van der Waals surface area contributed by atoms with E-state index in [9.17, 15) is 17.6 Å². The van der Waals surface area contributed by atoms with Gasteiger partial charge in [-0.05, 0) is 43.3 Å². The lowest BCUT2D eigenvalue weighted by molar-refractivity contribution is 0.0518. The van der Waals surface area contributed by atoms with Gasteiger partial charge in [-0.15, -0.1) is 0 Å². The lowest BCUT2D eigenvalue weighted by Crippen LogP contribution is -2.19. The number of carbonyl (C=O) groups is 1. The van der Waals surface area contributed by atoms with Gasteiger partial charge in [-0.25, -0.2) is 21.6 Å². The zero-order chi connectivity index (χ0) is 17.3. The molecule has 1 heterocycles. The second-order valence-electron chi connectivity index (χ2n) is 5.04. The van der Waals surface area contributed by atoms with Gasteiger partial charge in [0, 0.05) is 5.39 Å². The molecule has 0 atom stereocenters. The Morgan fingerprint density at radius 1 is 1.12 bits per heavy atom. The van der Waals surface area contributed by atoms with Crippen LogP contribution in [-0.4, -0.2) is 25.0 Å². The van der Waals surface area contributed by atoms with Crippen LogP contribution in [0.2, 0.25) is 0 Å². The highest BCUT2D eigenvalue weighted by molar-refractivity contribution is 7.90. The summed E-state index contributed by atoms with van der Waals surface area (Å²) in [6.07, 6.45) is 0. The molecule has 0 radical (unpaired) electrons. The van der Waals surface area contributed by atoms with Crippen LogP contribution < -0.4 is 0 Å². The topological polar surface area (TPSA) is 65.4 Å². The lowest BCUT2D eigenvalue weighted by Gasteiger charge is -2.11. The summed E-state index contributed by atoms with van der Waals surface area (Å²) in [6, 6.07) is 12.7. The molecule has 7 heteroatoms. The molecule has 0 fully saturated rings. The van der Waals surface area contributed by atoms with E-state index in [0.29, 0.717) is 5.39 Å². The van der Waals surface area contributed by atoms with Gasteiger partial charge in [0.15, 0.2) is 0 Å². The molecule has 3 aromatic rings. The summed E-state index contributed by atoms with van der Waals surface area (Å²) in [4.78, 5) is 12.2. The van der Waals surface area contributed by atoms with Gasteiger partial charge in [0.05, 0.1) is 17.0 Å². The number of nitrogens with zero attached hydrogens (tertiary/aromatic N) is 1. The maximum atomic E-state index is 13.6. The molecule has 1 aromatic heterocycles. The predicted molar refractivity (Wildman–Crippen MR) is 86.9 cm³/mol. The first-order chi connectivity index (χ1) is 11.4.